The molecule has 1 aliphatic heterocycles. The van der Waals surface area contributed by atoms with Crippen LogP contribution in [0.3, 0.4) is 0 Å². The highest BCUT2D eigenvalue weighted by atomic mass is 35.5. The van der Waals surface area contributed by atoms with Crippen molar-refractivity contribution in [2.45, 2.75) is 39.2 Å². The van der Waals surface area contributed by atoms with Gasteiger partial charge in [-0.1, -0.05) is 0 Å². The van der Waals surface area contributed by atoms with Crippen LogP contribution >= 0.6 is 35.1 Å². The highest BCUT2D eigenvalue weighted by Crippen LogP contribution is 2.29. The van der Waals surface area contributed by atoms with E-state index in [-0.39, 0.29) is 24.2 Å². The van der Waals surface area contributed by atoms with E-state index in [1.165, 1.54) is 9.75 Å². The van der Waals surface area contributed by atoms with Gasteiger partial charge in [0.1, 0.15) is 0 Å². The first-order chi connectivity index (χ1) is 11.1. The van der Waals surface area contributed by atoms with Crippen LogP contribution in [0.15, 0.2) is 17.5 Å². The third-order valence-corrected chi connectivity index (χ3v) is 6.14. The summed E-state index contributed by atoms with van der Waals surface area (Å²) >= 11 is 3.45. The maximum Gasteiger partial charge on any atom is 0.223 e. The summed E-state index contributed by atoms with van der Waals surface area (Å²) < 4.78 is 0. The van der Waals surface area contributed by atoms with Crippen LogP contribution in [0.2, 0.25) is 0 Å². The van der Waals surface area contributed by atoms with Crippen molar-refractivity contribution in [1.29, 1.82) is 0 Å². The number of piperidine rings is 1. The molecule has 132 valence electrons. The Bertz CT molecular complexity index is 670. The predicted molar refractivity (Wildman–Crippen MR) is 104 cm³/mol. The zero-order chi connectivity index (χ0) is 16.2. The molecule has 4 nitrogen and oxygen atoms in total. The van der Waals surface area contributed by atoms with Gasteiger partial charge in [-0.15, -0.1) is 35.1 Å². The molecule has 0 unspecified atom stereocenters. The largest absolute Gasteiger partial charge is 0.355 e. The van der Waals surface area contributed by atoms with Crippen LogP contribution < -0.4 is 10.6 Å². The van der Waals surface area contributed by atoms with Gasteiger partial charge in [-0.3, -0.25) is 4.79 Å². The molecule has 2 aromatic heterocycles. The minimum atomic E-state index is 0. The van der Waals surface area contributed by atoms with Crippen LogP contribution in [0, 0.1) is 12.8 Å². The molecule has 1 aliphatic rings. The van der Waals surface area contributed by atoms with Crippen LogP contribution in [0.1, 0.15) is 29.7 Å². The summed E-state index contributed by atoms with van der Waals surface area (Å²) in [4.78, 5) is 19.3. The van der Waals surface area contributed by atoms with Crippen LogP contribution in [-0.4, -0.2) is 30.0 Å². The monoisotopic (exact) mass is 385 g/mol. The summed E-state index contributed by atoms with van der Waals surface area (Å²) in [6.07, 6.45) is 2.78. The molecule has 1 fully saturated rings. The third kappa shape index (κ3) is 5.02. The van der Waals surface area contributed by atoms with Gasteiger partial charge in [0.2, 0.25) is 5.91 Å². The molecular weight excluding hydrogens is 362 g/mol. The van der Waals surface area contributed by atoms with Gasteiger partial charge < -0.3 is 10.6 Å². The highest BCUT2D eigenvalue weighted by Gasteiger charge is 2.24. The molecule has 3 rings (SSSR count). The molecular formula is C17H24ClN3OS2. The SMILES string of the molecule is Cc1nc(-c2ccc(CCNC(=O)[C@H]3CCN[C@@H](C)C3)s2)cs1.Cl. The topological polar surface area (TPSA) is 54.0 Å². The first kappa shape index (κ1) is 19.4. The zero-order valence-corrected chi connectivity index (χ0v) is 16.5. The van der Waals surface area contributed by atoms with Crippen molar-refractivity contribution in [3.05, 3.63) is 27.4 Å². The van der Waals surface area contributed by atoms with Gasteiger partial charge in [0, 0.05) is 28.8 Å². The van der Waals surface area contributed by atoms with E-state index < -0.39 is 0 Å². The molecule has 2 N–H and O–H groups in total. The van der Waals surface area contributed by atoms with Crippen molar-refractivity contribution in [3.63, 3.8) is 0 Å². The summed E-state index contributed by atoms with van der Waals surface area (Å²) in [6, 6.07) is 4.72. The Morgan fingerprint density at radius 3 is 3.00 bits per heavy atom. The number of halogens is 1. The molecule has 0 aliphatic carbocycles. The second-order valence-electron chi connectivity index (χ2n) is 6.14. The maximum absolute atomic E-state index is 12.2. The van der Waals surface area contributed by atoms with Crippen molar-refractivity contribution >= 4 is 41.0 Å². The number of thiophene rings is 1. The van der Waals surface area contributed by atoms with Crippen molar-refractivity contribution < 1.29 is 4.79 Å². The van der Waals surface area contributed by atoms with Gasteiger partial charge >= 0.3 is 0 Å². The number of rotatable bonds is 5. The summed E-state index contributed by atoms with van der Waals surface area (Å²) in [5.41, 5.74) is 1.07. The maximum atomic E-state index is 12.2. The summed E-state index contributed by atoms with van der Waals surface area (Å²) in [5, 5.41) is 9.68. The number of aryl methyl sites for hydroxylation is 1. The van der Waals surface area contributed by atoms with Crippen LogP contribution in [0.5, 0.6) is 0 Å². The zero-order valence-electron chi connectivity index (χ0n) is 14.0. The number of hydrogen-bond donors (Lipinski definition) is 2. The van der Waals surface area contributed by atoms with E-state index in [4.69, 9.17) is 0 Å². The van der Waals surface area contributed by atoms with E-state index in [1.807, 2.05) is 6.92 Å². The lowest BCUT2D eigenvalue weighted by molar-refractivity contribution is -0.126. The first-order valence-corrected chi connectivity index (χ1v) is 9.84. The average Bonchev–Trinajstić information content (AvgIpc) is 3.16. The Hall–Kier alpha value is -0.950. The lowest BCUT2D eigenvalue weighted by atomic mass is 9.92. The van der Waals surface area contributed by atoms with E-state index in [9.17, 15) is 4.79 Å². The van der Waals surface area contributed by atoms with Crippen molar-refractivity contribution in [3.8, 4) is 10.6 Å². The number of hydrogen-bond acceptors (Lipinski definition) is 5. The smallest absolute Gasteiger partial charge is 0.223 e. The number of carbonyl (C=O) groups is 1. The van der Waals surface area contributed by atoms with Crippen molar-refractivity contribution in [2.75, 3.05) is 13.1 Å². The quantitative estimate of drug-likeness (QED) is 0.825. The Balaban J connectivity index is 0.00000208. The Morgan fingerprint density at radius 2 is 2.29 bits per heavy atom. The number of thiazole rings is 1. The van der Waals surface area contributed by atoms with E-state index >= 15 is 0 Å². The number of nitrogens with zero attached hydrogens (tertiary/aromatic N) is 1. The second kappa shape index (κ2) is 8.94. The van der Waals surface area contributed by atoms with Crippen molar-refractivity contribution in [2.24, 2.45) is 5.92 Å². The van der Waals surface area contributed by atoms with Gasteiger partial charge in [0.05, 0.1) is 15.6 Å². The lowest BCUT2D eigenvalue weighted by Crippen LogP contribution is -2.42. The number of nitrogens with one attached hydrogen (secondary N) is 2. The first-order valence-electron chi connectivity index (χ1n) is 8.14. The fourth-order valence-corrected chi connectivity index (χ4v) is 4.61. The van der Waals surface area contributed by atoms with Crippen LogP contribution in [-0.2, 0) is 11.2 Å². The Morgan fingerprint density at radius 1 is 1.46 bits per heavy atom. The Kier molecular flexibility index (Phi) is 7.22. The average molecular weight is 386 g/mol. The van der Waals surface area contributed by atoms with Gasteiger partial charge in [-0.25, -0.2) is 4.98 Å². The minimum absolute atomic E-state index is 0. The van der Waals surface area contributed by atoms with E-state index in [0.717, 1.165) is 36.5 Å². The van der Waals surface area contributed by atoms with E-state index in [0.29, 0.717) is 12.6 Å². The molecule has 0 radical (unpaired) electrons. The Labute approximate surface area is 157 Å². The van der Waals surface area contributed by atoms with Crippen LogP contribution in [0.4, 0.5) is 0 Å². The summed E-state index contributed by atoms with van der Waals surface area (Å²) in [7, 11) is 0. The molecule has 0 saturated carbocycles. The molecule has 1 amide bonds. The predicted octanol–water partition coefficient (Wildman–Crippen LogP) is 3.65. The molecule has 2 aromatic rings. The molecule has 0 spiro atoms. The number of aromatic nitrogens is 1. The van der Waals surface area contributed by atoms with Gasteiger partial charge in [0.15, 0.2) is 0 Å². The molecule has 1 saturated heterocycles. The third-order valence-electron chi connectivity index (χ3n) is 4.20. The molecule has 0 bridgehead atoms. The van der Waals surface area contributed by atoms with Crippen molar-refractivity contribution in [1.82, 2.24) is 15.6 Å². The normalized spacial score (nSPS) is 20.4. The molecule has 3 heterocycles. The fourth-order valence-electron chi connectivity index (χ4n) is 2.95. The fraction of sp³-hybridized carbons (Fsp3) is 0.529. The van der Waals surface area contributed by atoms with Crippen LogP contribution in [0.25, 0.3) is 10.6 Å². The minimum Gasteiger partial charge on any atom is -0.355 e. The molecule has 7 heteroatoms. The lowest BCUT2D eigenvalue weighted by Gasteiger charge is -2.27. The van der Waals surface area contributed by atoms with Gasteiger partial charge in [-0.2, -0.15) is 0 Å². The number of amides is 1. The second-order valence-corrected chi connectivity index (χ2v) is 8.37. The standard InChI is InChI=1S/C17H23N3OS2.ClH/c1-11-9-13(5-7-18-11)17(21)19-8-6-14-3-4-16(23-14)15-10-22-12(2)20-15;/h3-4,10-11,13,18H,5-9H2,1-2H3,(H,19,21);1H/t11-,13-;/m0./s1. The molecule has 2 atom stereocenters. The van der Waals surface area contributed by atoms with E-state index in [1.54, 1.807) is 22.7 Å². The number of carbonyl (C=O) groups excluding carboxylic acids is 1. The summed E-state index contributed by atoms with van der Waals surface area (Å²) in [5.74, 6) is 0.383. The molecule has 24 heavy (non-hydrogen) atoms. The van der Waals surface area contributed by atoms with Gasteiger partial charge in [-0.05, 0) is 51.8 Å². The highest BCUT2D eigenvalue weighted by molar-refractivity contribution is 7.16. The summed E-state index contributed by atoms with van der Waals surface area (Å²) in [6.45, 7) is 5.83. The molecule has 0 aromatic carbocycles. The van der Waals surface area contributed by atoms with Gasteiger partial charge in [0.25, 0.3) is 0 Å². The van der Waals surface area contributed by atoms with E-state index in [2.05, 4.69) is 40.1 Å².